The summed E-state index contributed by atoms with van der Waals surface area (Å²) < 4.78 is 2.45. The summed E-state index contributed by atoms with van der Waals surface area (Å²) in [6.07, 6.45) is 0. The summed E-state index contributed by atoms with van der Waals surface area (Å²) in [6.45, 7) is 11.9. The van der Waals surface area contributed by atoms with Gasteiger partial charge in [-0.15, -0.1) is 0 Å². The summed E-state index contributed by atoms with van der Waals surface area (Å²) in [7, 11) is 0. The van der Waals surface area contributed by atoms with Crippen molar-refractivity contribution >= 4 is 92.7 Å². The number of likely N-dealkylation sites (N-methyl/N-ethyl adjacent to an activating group) is 2. The highest BCUT2D eigenvalue weighted by Gasteiger charge is 2.21. The Morgan fingerprint density at radius 1 is 0.844 bits per heavy atom. The monoisotopic (exact) mass is 560 g/mol. The minimum atomic E-state index is -0.113. The molecule has 0 aliphatic heterocycles. The van der Waals surface area contributed by atoms with Gasteiger partial charge in [0.15, 0.2) is 10.3 Å². The molecule has 0 aliphatic rings. The van der Waals surface area contributed by atoms with Crippen molar-refractivity contribution < 1.29 is 9.59 Å². The third-order valence-electron chi connectivity index (χ3n) is 5.08. The van der Waals surface area contributed by atoms with E-state index < -0.39 is 0 Å². The van der Waals surface area contributed by atoms with E-state index in [1.54, 1.807) is 0 Å². The van der Waals surface area contributed by atoms with E-state index in [-0.39, 0.29) is 11.8 Å². The van der Waals surface area contributed by atoms with Crippen LogP contribution < -0.4 is 10.6 Å². The zero-order chi connectivity index (χ0) is 23.4. The summed E-state index contributed by atoms with van der Waals surface area (Å²) in [5, 5.41) is 7.12. The number of benzene rings is 1. The molecule has 0 spiro atoms. The SMILES string of the molecule is CCN(CC)CC(=O)Nc1nc2c(Cl)c3nc(NC(=O)CN(CC)CC)sc3c(Br)c2s1. The Kier molecular flexibility index (Phi) is 8.82. The molecule has 174 valence electrons. The van der Waals surface area contributed by atoms with Crippen LogP contribution in [0.15, 0.2) is 4.47 Å². The smallest absolute Gasteiger partial charge is 0.240 e. The molecule has 1 aromatic carbocycles. The van der Waals surface area contributed by atoms with E-state index in [2.05, 4.69) is 36.5 Å². The molecule has 32 heavy (non-hydrogen) atoms. The fraction of sp³-hybridized carbons (Fsp3) is 0.500. The number of hydrogen-bond acceptors (Lipinski definition) is 8. The molecule has 0 fully saturated rings. The van der Waals surface area contributed by atoms with Gasteiger partial charge in [0.2, 0.25) is 11.8 Å². The first-order chi connectivity index (χ1) is 15.3. The number of halogens is 2. The van der Waals surface area contributed by atoms with Crippen LogP contribution in [0.25, 0.3) is 20.4 Å². The van der Waals surface area contributed by atoms with E-state index >= 15 is 0 Å². The third kappa shape index (κ3) is 5.57. The van der Waals surface area contributed by atoms with Crippen LogP contribution in [0.5, 0.6) is 0 Å². The molecular weight excluding hydrogens is 536 g/mol. The van der Waals surface area contributed by atoms with E-state index in [9.17, 15) is 9.59 Å². The van der Waals surface area contributed by atoms with Gasteiger partial charge in [-0.3, -0.25) is 19.4 Å². The van der Waals surface area contributed by atoms with Crippen molar-refractivity contribution in [3.05, 3.63) is 9.50 Å². The molecule has 2 N–H and O–H groups in total. The quantitative estimate of drug-likeness (QED) is 0.367. The molecule has 0 unspecified atom stereocenters. The molecule has 3 aromatic rings. The van der Waals surface area contributed by atoms with Gasteiger partial charge >= 0.3 is 0 Å². The minimum absolute atomic E-state index is 0.113. The van der Waals surface area contributed by atoms with Gasteiger partial charge < -0.3 is 10.6 Å². The van der Waals surface area contributed by atoms with Crippen LogP contribution in [0, 0.1) is 0 Å². The Labute approximate surface area is 208 Å². The highest BCUT2D eigenvalue weighted by Crippen LogP contribution is 2.45. The number of nitrogens with zero attached hydrogens (tertiary/aromatic N) is 4. The summed E-state index contributed by atoms with van der Waals surface area (Å²) >= 11 is 13.0. The lowest BCUT2D eigenvalue weighted by molar-refractivity contribution is -0.118. The number of fused-ring (bicyclic) bond motifs is 2. The Hall–Kier alpha value is -1.37. The Bertz CT molecular complexity index is 986. The van der Waals surface area contributed by atoms with Crippen molar-refractivity contribution in [3.8, 4) is 0 Å². The van der Waals surface area contributed by atoms with Crippen molar-refractivity contribution in [2.24, 2.45) is 0 Å². The number of rotatable bonds is 10. The van der Waals surface area contributed by atoms with Gasteiger partial charge in [-0.05, 0) is 42.1 Å². The molecule has 2 aromatic heterocycles. The van der Waals surface area contributed by atoms with Gasteiger partial charge in [0.1, 0.15) is 11.0 Å². The molecule has 8 nitrogen and oxygen atoms in total. The summed E-state index contributed by atoms with van der Waals surface area (Å²) in [5.74, 6) is -0.226. The maximum atomic E-state index is 12.4. The fourth-order valence-corrected chi connectivity index (χ4v) is 6.35. The number of nitrogens with one attached hydrogen (secondary N) is 2. The lowest BCUT2D eigenvalue weighted by atomic mass is 10.3. The van der Waals surface area contributed by atoms with Crippen LogP contribution in [0.2, 0.25) is 5.02 Å². The molecule has 12 heteroatoms. The maximum absolute atomic E-state index is 12.4. The molecule has 0 radical (unpaired) electrons. The average molecular weight is 562 g/mol. The van der Waals surface area contributed by atoms with Gasteiger partial charge in [0.05, 0.1) is 32.0 Å². The van der Waals surface area contributed by atoms with Gasteiger partial charge in [0, 0.05) is 0 Å². The third-order valence-corrected chi connectivity index (χ3v) is 8.74. The van der Waals surface area contributed by atoms with Gasteiger partial charge in [0.25, 0.3) is 0 Å². The van der Waals surface area contributed by atoms with Crippen molar-refractivity contribution in [3.63, 3.8) is 0 Å². The van der Waals surface area contributed by atoms with Crippen LogP contribution in [-0.4, -0.2) is 70.9 Å². The molecule has 0 saturated carbocycles. The van der Waals surface area contributed by atoms with Crippen LogP contribution in [0.1, 0.15) is 27.7 Å². The molecular formula is C20H26BrClN6O2S2. The predicted molar refractivity (Wildman–Crippen MR) is 138 cm³/mol. The van der Waals surface area contributed by atoms with E-state index in [1.807, 2.05) is 37.5 Å². The zero-order valence-corrected chi connectivity index (χ0v) is 22.4. The van der Waals surface area contributed by atoms with E-state index in [0.717, 1.165) is 40.1 Å². The van der Waals surface area contributed by atoms with E-state index in [4.69, 9.17) is 11.6 Å². The second-order valence-electron chi connectivity index (χ2n) is 7.04. The minimum Gasteiger partial charge on any atom is -0.301 e. The number of amides is 2. The number of aromatic nitrogens is 2. The second-order valence-corrected chi connectivity index (χ2v) is 10.2. The van der Waals surface area contributed by atoms with Crippen molar-refractivity contribution in [2.75, 3.05) is 49.9 Å². The highest BCUT2D eigenvalue weighted by molar-refractivity contribution is 9.11. The van der Waals surface area contributed by atoms with Crippen molar-refractivity contribution in [1.29, 1.82) is 0 Å². The van der Waals surface area contributed by atoms with Crippen LogP contribution >= 0.6 is 50.2 Å². The van der Waals surface area contributed by atoms with Gasteiger partial charge in [-0.2, -0.15) is 0 Å². The van der Waals surface area contributed by atoms with E-state index in [0.29, 0.717) is 39.4 Å². The molecule has 2 amide bonds. The first-order valence-corrected chi connectivity index (χ1v) is 13.2. The van der Waals surface area contributed by atoms with Crippen LogP contribution in [0.4, 0.5) is 10.3 Å². The zero-order valence-electron chi connectivity index (χ0n) is 18.4. The molecule has 0 aliphatic carbocycles. The summed E-state index contributed by atoms with van der Waals surface area (Å²) in [4.78, 5) is 37.8. The summed E-state index contributed by atoms with van der Waals surface area (Å²) in [5.41, 5.74) is 1.14. The standard InChI is InChI=1S/C20H26BrClN6O2S2/c1-5-27(6-2)9-11(29)23-19-25-15-14(22)16-18(13(21)17(15)31-19)32-20(26-16)24-12(30)10-28(7-3)8-4/h5-10H2,1-4H3,(H,23,25,29)(H,24,26,30). The van der Waals surface area contributed by atoms with Crippen molar-refractivity contribution in [2.45, 2.75) is 27.7 Å². The van der Waals surface area contributed by atoms with Crippen LogP contribution in [-0.2, 0) is 9.59 Å². The Morgan fingerprint density at radius 3 is 1.56 bits per heavy atom. The first kappa shape index (κ1) is 25.3. The number of hydrogen-bond donors (Lipinski definition) is 2. The number of carbonyl (C=O) groups excluding carboxylic acids is 2. The number of anilines is 2. The molecule has 2 heterocycles. The highest BCUT2D eigenvalue weighted by atomic mass is 79.9. The van der Waals surface area contributed by atoms with Crippen LogP contribution in [0.3, 0.4) is 0 Å². The fourth-order valence-electron chi connectivity index (χ4n) is 3.18. The lowest BCUT2D eigenvalue weighted by Gasteiger charge is -2.16. The molecule has 0 atom stereocenters. The topological polar surface area (TPSA) is 90.5 Å². The number of thiazole rings is 2. The molecule has 0 bridgehead atoms. The Morgan fingerprint density at radius 2 is 1.22 bits per heavy atom. The molecule has 0 saturated heterocycles. The lowest BCUT2D eigenvalue weighted by Crippen LogP contribution is -2.32. The van der Waals surface area contributed by atoms with E-state index in [1.165, 1.54) is 22.7 Å². The second kappa shape index (κ2) is 11.2. The van der Waals surface area contributed by atoms with Gasteiger partial charge in [-0.25, -0.2) is 9.97 Å². The first-order valence-electron chi connectivity index (χ1n) is 10.4. The summed E-state index contributed by atoms with van der Waals surface area (Å²) in [6, 6.07) is 0. The van der Waals surface area contributed by atoms with Gasteiger partial charge in [-0.1, -0.05) is 62.0 Å². The largest absolute Gasteiger partial charge is 0.301 e. The molecule has 3 rings (SSSR count). The number of carbonyl (C=O) groups is 2. The predicted octanol–water partition coefficient (Wildman–Crippen LogP) is 4.88. The van der Waals surface area contributed by atoms with Crippen molar-refractivity contribution in [1.82, 2.24) is 19.8 Å². The Balaban J connectivity index is 1.85. The average Bonchev–Trinajstić information content (AvgIpc) is 3.39. The maximum Gasteiger partial charge on any atom is 0.240 e. The normalized spacial score (nSPS) is 11.8.